The lowest BCUT2D eigenvalue weighted by atomic mass is 9.96. The van der Waals surface area contributed by atoms with Gasteiger partial charge < -0.3 is 19.9 Å². The molecule has 2 fully saturated rings. The fourth-order valence-electron chi connectivity index (χ4n) is 2.72. The first-order valence-corrected chi connectivity index (χ1v) is 7.82. The topological polar surface area (TPSA) is 131 Å². The molecule has 0 bridgehead atoms. The summed E-state index contributed by atoms with van der Waals surface area (Å²) in [5.41, 5.74) is -0.959. The lowest BCUT2D eigenvalue weighted by Gasteiger charge is -2.20. The zero-order valence-electron chi connectivity index (χ0n) is 13.8. The van der Waals surface area contributed by atoms with Crippen LogP contribution in [0.25, 0.3) is 0 Å². The van der Waals surface area contributed by atoms with Crippen molar-refractivity contribution in [2.75, 3.05) is 18.5 Å². The summed E-state index contributed by atoms with van der Waals surface area (Å²) in [6.07, 6.45) is 1.73. The standard InChI is InChI=1S/C15H18N4O6/c1-8-5-10(18-25-8)16-11(20)7-24-12(21)6-19-13(22)15(2,9-3-4-9)17-14(19)23/h5,9H,3-4,6-7H2,1-2H3,(H,17,23)(H,16,18,20)/t15-/m1/s1. The van der Waals surface area contributed by atoms with E-state index in [0.29, 0.717) is 5.76 Å². The van der Waals surface area contributed by atoms with Crippen molar-refractivity contribution in [1.82, 2.24) is 15.4 Å². The zero-order valence-corrected chi connectivity index (χ0v) is 13.8. The van der Waals surface area contributed by atoms with Crippen LogP contribution >= 0.6 is 0 Å². The molecule has 0 unspecified atom stereocenters. The van der Waals surface area contributed by atoms with Gasteiger partial charge in [-0.2, -0.15) is 0 Å². The summed E-state index contributed by atoms with van der Waals surface area (Å²) in [5, 5.41) is 8.58. The highest BCUT2D eigenvalue weighted by molar-refractivity contribution is 6.09. The highest BCUT2D eigenvalue weighted by Crippen LogP contribution is 2.42. The number of aryl methyl sites for hydroxylation is 1. The first-order chi connectivity index (χ1) is 11.8. The number of urea groups is 1. The van der Waals surface area contributed by atoms with Crippen LogP contribution in [0, 0.1) is 12.8 Å². The average Bonchev–Trinajstić information content (AvgIpc) is 3.30. The Morgan fingerprint density at radius 2 is 2.20 bits per heavy atom. The molecule has 2 aliphatic rings. The highest BCUT2D eigenvalue weighted by atomic mass is 16.5. The van der Waals surface area contributed by atoms with Gasteiger partial charge in [-0.1, -0.05) is 5.16 Å². The Bertz CT molecular complexity index is 740. The third kappa shape index (κ3) is 3.47. The van der Waals surface area contributed by atoms with Gasteiger partial charge in [0.1, 0.15) is 17.8 Å². The van der Waals surface area contributed by atoms with Crippen LogP contribution in [-0.4, -0.2) is 52.6 Å². The number of amides is 4. The van der Waals surface area contributed by atoms with Crippen molar-refractivity contribution in [2.45, 2.75) is 32.2 Å². The number of hydrogen-bond acceptors (Lipinski definition) is 7. The molecule has 10 heteroatoms. The van der Waals surface area contributed by atoms with Crippen molar-refractivity contribution in [3.8, 4) is 0 Å². The molecule has 3 rings (SSSR count). The predicted octanol–water partition coefficient (Wildman–Crippen LogP) is 0.185. The number of anilines is 1. The largest absolute Gasteiger partial charge is 0.454 e. The molecular weight excluding hydrogens is 332 g/mol. The number of aromatic nitrogens is 1. The quantitative estimate of drug-likeness (QED) is 0.553. The van der Waals surface area contributed by atoms with Crippen LogP contribution in [0.4, 0.5) is 10.6 Å². The van der Waals surface area contributed by atoms with Crippen molar-refractivity contribution < 1.29 is 28.4 Å². The number of ether oxygens (including phenoxy) is 1. The van der Waals surface area contributed by atoms with Crippen molar-refractivity contribution in [2.24, 2.45) is 5.92 Å². The van der Waals surface area contributed by atoms with Gasteiger partial charge in [-0.3, -0.25) is 19.3 Å². The monoisotopic (exact) mass is 350 g/mol. The van der Waals surface area contributed by atoms with Gasteiger partial charge in [0.25, 0.3) is 11.8 Å². The Labute approximate surface area is 142 Å². The Hall–Kier alpha value is -2.91. The number of esters is 1. The van der Waals surface area contributed by atoms with E-state index in [4.69, 9.17) is 9.26 Å². The van der Waals surface area contributed by atoms with Crippen molar-refractivity contribution in [3.05, 3.63) is 11.8 Å². The van der Waals surface area contributed by atoms with Crippen LogP contribution in [0.1, 0.15) is 25.5 Å². The number of carbonyl (C=O) groups is 4. The van der Waals surface area contributed by atoms with E-state index in [9.17, 15) is 19.2 Å². The maximum absolute atomic E-state index is 12.4. The number of imide groups is 1. The number of rotatable bonds is 6. The molecule has 10 nitrogen and oxygen atoms in total. The highest BCUT2D eigenvalue weighted by Gasteiger charge is 2.56. The first-order valence-electron chi connectivity index (χ1n) is 7.82. The molecule has 1 atom stereocenters. The molecule has 0 radical (unpaired) electrons. The third-order valence-corrected chi connectivity index (χ3v) is 4.24. The predicted molar refractivity (Wildman–Crippen MR) is 82.2 cm³/mol. The minimum absolute atomic E-state index is 0.0988. The van der Waals surface area contributed by atoms with Gasteiger partial charge in [0.05, 0.1) is 0 Å². The van der Waals surface area contributed by atoms with Gasteiger partial charge in [0.15, 0.2) is 12.4 Å². The molecule has 2 heterocycles. The maximum Gasteiger partial charge on any atom is 0.326 e. The lowest BCUT2D eigenvalue weighted by molar-refractivity contribution is -0.150. The summed E-state index contributed by atoms with van der Waals surface area (Å²) < 4.78 is 9.59. The molecule has 2 N–H and O–H groups in total. The van der Waals surface area contributed by atoms with Crippen LogP contribution in [-0.2, 0) is 19.1 Å². The van der Waals surface area contributed by atoms with Crippen molar-refractivity contribution >= 4 is 29.6 Å². The van der Waals surface area contributed by atoms with Crippen LogP contribution in [0.3, 0.4) is 0 Å². The summed E-state index contributed by atoms with van der Waals surface area (Å²) >= 11 is 0. The molecule has 134 valence electrons. The molecule has 1 saturated carbocycles. The molecule has 1 aliphatic heterocycles. The van der Waals surface area contributed by atoms with E-state index in [-0.39, 0.29) is 11.7 Å². The summed E-state index contributed by atoms with van der Waals surface area (Å²) in [6, 6.07) is 0.880. The van der Waals surface area contributed by atoms with Gasteiger partial charge in [-0.15, -0.1) is 0 Å². The number of nitrogens with one attached hydrogen (secondary N) is 2. The second kappa shape index (κ2) is 6.19. The zero-order chi connectivity index (χ0) is 18.2. The Morgan fingerprint density at radius 3 is 2.80 bits per heavy atom. The fourth-order valence-corrected chi connectivity index (χ4v) is 2.72. The second-order valence-electron chi connectivity index (χ2n) is 6.33. The van der Waals surface area contributed by atoms with Crippen LogP contribution in [0.5, 0.6) is 0 Å². The summed E-state index contributed by atoms with van der Waals surface area (Å²) in [5.74, 6) is -1.09. The van der Waals surface area contributed by atoms with E-state index in [2.05, 4.69) is 15.8 Å². The Kier molecular flexibility index (Phi) is 4.19. The van der Waals surface area contributed by atoms with E-state index in [1.807, 2.05) is 0 Å². The van der Waals surface area contributed by atoms with Crippen LogP contribution in [0.2, 0.25) is 0 Å². The second-order valence-corrected chi connectivity index (χ2v) is 6.33. The Balaban J connectivity index is 1.48. The van der Waals surface area contributed by atoms with Gasteiger partial charge >= 0.3 is 12.0 Å². The normalized spacial score (nSPS) is 22.7. The minimum Gasteiger partial charge on any atom is -0.454 e. The molecule has 25 heavy (non-hydrogen) atoms. The molecule has 0 aromatic carbocycles. The lowest BCUT2D eigenvalue weighted by Crippen LogP contribution is -2.46. The van der Waals surface area contributed by atoms with Gasteiger partial charge in [-0.25, -0.2) is 4.79 Å². The third-order valence-electron chi connectivity index (χ3n) is 4.24. The molecule has 1 aromatic rings. The molecular formula is C15H18N4O6. The van der Waals surface area contributed by atoms with Crippen LogP contribution < -0.4 is 10.6 Å². The van der Waals surface area contributed by atoms with Crippen molar-refractivity contribution in [3.63, 3.8) is 0 Å². The first kappa shape index (κ1) is 16.9. The number of hydrogen-bond donors (Lipinski definition) is 2. The average molecular weight is 350 g/mol. The molecule has 1 aromatic heterocycles. The van der Waals surface area contributed by atoms with E-state index in [0.717, 1.165) is 17.7 Å². The maximum atomic E-state index is 12.4. The number of carbonyl (C=O) groups excluding carboxylic acids is 4. The van der Waals surface area contributed by atoms with Crippen LogP contribution in [0.15, 0.2) is 10.6 Å². The van der Waals surface area contributed by atoms with E-state index in [1.165, 1.54) is 6.07 Å². The minimum atomic E-state index is -0.959. The molecule has 1 aliphatic carbocycles. The molecule has 1 saturated heterocycles. The van der Waals surface area contributed by atoms with Gasteiger partial charge in [-0.05, 0) is 32.6 Å². The smallest absolute Gasteiger partial charge is 0.326 e. The van der Waals surface area contributed by atoms with Crippen molar-refractivity contribution in [1.29, 1.82) is 0 Å². The van der Waals surface area contributed by atoms with E-state index >= 15 is 0 Å². The fraction of sp³-hybridized carbons (Fsp3) is 0.533. The summed E-state index contributed by atoms with van der Waals surface area (Å²) in [4.78, 5) is 48.6. The van der Waals surface area contributed by atoms with Gasteiger partial charge in [0, 0.05) is 6.07 Å². The Morgan fingerprint density at radius 1 is 1.48 bits per heavy atom. The summed E-state index contributed by atoms with van der Waals surface area (Å²) in [6.45, 7) is 2.22. The van der Waals surface area contributed by atoms with Gasteiger partial charge in [0.2, 0.25) is 0 Å². The molecule has 0 spiro atoms. The van der Waals surface area contributed by atoms with E-state index in [1.54, 1.807) is 13.8 Å². The number of nitrogens with zero attached hydrogens (tertiary/aromatic N) is 2. The summed E-state index contributed by atoms with van der Waals surface area (Å²) in [7, 11) is 0. The van der Waals surface area contributed by atoms with E-state index < -0.39 is 42.5 Å². The molecule has 4 amide bonds. The SMILES string of the molecule is Cc1cc(NC(=O)COC(=O)CN2C(=O)N[C@](C)(C3CC3)C2=O)no1.